The largest absolute Gasteiger partial charge is 0.387 e. The van der Waals surface area contributed by atoms with Gasteiger partial charge in [0.2, 0.25) is 0 Å². The average Bonchev–Trinajstić information content (AvgIpc) is 3.25. The minimum Gasteiger partial charge on any atom is -0.387 e. The standard InChI is InChI=1S/C16H15N3O2S/c20-15(13-4-7-22-10-13)9-18-16(21)12-2-1-3-14(8-12)19-6-5-17-11-19/h1-8,10-11,15,20H,9H2,(H,18,21). The monoisotopic (exact) mass is 313 g/mol. The summed E-state index contributed by atoms with van der Waals surface area (Å²) in [5.41, 5.74) is 2.23. The van der Waals surface area contributed by atoms with Crippen molar-refractivity contribution in [3.63, 3.8) is 0 Å². The molecule has 0 fully saturated rings. The maximum atomic E-state index is 12.2. The molecule has 0 aliphatic rings. The lowest BCUT2D eigenvalue weighted by Crippen LogP contribution is -2.28. The van der Waals surface area contributed by atoms with Crippen molar-refractivity contribution in [1.82, 2.24) is 14.9 Å². The van der Waals surface area contributed by atoms with Gasteiger partial charge in [0.05, 0.1) is 12.4 Å². The van der Waals surface area contributed by atoms with Crippen molar-refractivity contribution in [3.05, 3.63) is 70.9 Å². The van der Waals surface area contributed by atoms with Crippen LogP contribution in [0.5, 0.6) is 0 Å². The van der Waals surface area contributed by atoms with Crippen LogP contribution >= 0.6 is 11.3 Å². The summed E-state index contributed by atoms with van der Waals surface area (Å²) in [4.78, 5) is 16.2. The number of hydrogen-bond donors (Lipinski definition) is 2. The molecule has 112 valence electrons. The minimum atomic E-state index is -0.688. The van der Waals surface area contributed by atoms with Gasteiger partial charge in [-0.05, 0) is 40.6 Å². The van der Waals surface area contributed by atoms with Crippen LogP contribution in [-0.2, 0) is 0 Å². The van der Waals surface area contributed by atoms with Crippen molar-refractivity contribution in [2.75, 3.05) is 6.54 Å². The second-order valence-electron chi connectivity index (χ2n) is 4.80. The van der Waals surface area contributed by atoms with E-state index in [0.717, 1.165) is 11.3 Å². The van der Waals surface area contributed by atoms with Crippen molar-refractivity contribution < 1.29 is 9.90 Å². The smallest absolute Gasteiger partial charge is 0.251 e. The lowest BCUT2D eigenvalue weighted by Gasteiger charge is -2.11. The molecule has 1 amide bonds. The van der Waals surface area contributed by atoms with Crippen LogP contribution in [0.1, 0.15) is 22.0 Å². The van der Waals surface area contributed by atoms with E-state index >= 15 is 0 Å². The Kier molecular flexibility index (Phi) is 4.32. The van der Waals surface area contributed by atoms with Gasteiger partial charge in [-0.25, -0.2) is 4.98 Å². The van der Waals surface area contributed by atoms with E-state index < -0.39 is 6.10 Å². The van der Waals surface area contributed by atoms with Crippen LogP contribution in [0.25, 0.3) is 5.69 Å². The molecule has 0 radical (unpaired) electrons. The van der Waals surface area contributed by atoms with Crippen LogP contribution in [-0.4, -0.2) is 27.1 Å². The van der Waals surface area contributed by atoms with Gasteiger partial charge >= 0.3 is 0 Å². The Balaban J connectivity index is 1.66. The zero-order valence-electron chi connectivity index (χ0n) is 11.7. The van der Waals surface area contributed by atoms with E-state index in [0.29, 0.717) is 5.56 Å². The number of rotatable bonds is 5. The first-order valence-corrected chi connectivity index (χ1v) is 7.75. The lowest BCUT2D eigenvalue weighted by atomic mass is 10.1. The molecule has 2 N–H and O–H groups in total. The van der Waals surface area contributed by atoms with E-state index in [1.54, 1.807) is 24.7 Å². The highest BCUT2D eigenvalue weighted by molar-refractivity contribution is 7.07. The van der Waals surface area contributed by atoms with Gasteiger partial charge in [-0.2, -0.15) is 11.3 Å². The molecular formula is C16H15N3O2S. The molecule has 0 aliphatic carbocycles. The van der Waals surface area contributed by atoms with Gasteiger partial charge in [0.25, 0.3) is 5.91 Å². The predicted octanol–water partition coefficient (Wildman–Crippen LogP) is 2.40. The highest BCUT2D eigenvalue weighted by atomic mass is 32.1. The molecule has 6 heteroatoms. The summed E-state index contributed by atoms with van der Waals surface area (Å²) in [6.07, 6.45) is 4.49. The third-order valence-electron chi connectivity index (χ3n) is 3.29. The molecule has 0 saturated heterocycles. The molecule has 0 bridgehead atoms. The first kappa shape index (κ1) is 14.5. The molecule has 3 aromatic rings. The number of carbonyl (C=O) groups excluding carboxylic acids is 1. The quantitative estimate of drug-likeness (QED) is 0.760. The molecular weight excluding hydrogens is 298 g/mol. The lowest BCUT2D eigenvalue weighted by molar-refractivity contribution is 0.0916. The Bertz CT molecular complexity index is 739. The summed E-state index contributed by atoms with van der Waals surface area (Å²) < 4.78 is 1.83. The number of aliphatic hydroxyl groups excluding tert-OH is 1. The number of nitrogens with zero attached hydrogens (tertiary/aromatic N) is 2. The van der Waals surface area contributed by atoms with Gasteiger partial charge in [-0.3, -0.25) is 4.79 Å². The van der Waals surface area contributed by atoms with Crippen LogP contribution in [0, 0.1) is 0 Å². The Labute approximate surface area is 131 Å². The van der Waals surface area contributed by atoms with Crippen molar-refractivity contribution in [2.45, 2.75) is 6.10 Å². The second-order valence-corrected chi connectivity index (χ2v) is 5.58. The molecule has 0 spiro atoms. The maximum absolute atomic E-state index is 12.2. The average molecular weight is 313 g/mol. The molecule has 0 aliphatic heterocycles. The number of nitrogens with one attached hydrogen (secondary N) is 1. The number of aliphatic hydroxyl groups is 1. The predicted molar refractivity (Wildman–Crippen MR) is 85.2 cm³/mol. The summed E-state index contributed by atoms with van der Waals surface area (Å²) in [5.74, 6) is -0.212. The van der Waals surface area contributed by atoms with E-state index in [1.807, 2.05) is 39.7 Å². The Morgan fingerprint density at radius 1 is 1.41 bits per heavy atom. The molecule has 2 heterocycles. The molecule has 3 rings (SSSR count). The normalized spacial score (nSPS) is 12.0. The minimum absolute atomic E-state index is 0.185. The van der Waals surface area contributed by atoms with Gasteiger partial charge in [-0.15, -0.1) is 0 Å². The van der Waals surface area contributed by atoms with Crippen molar-refractivity contribution >= 4 is 17.2 Å². The van der Waals surface area contributed by atoms with E-state index in [1.165, 1.54) is 11.3 Å². The molecule has 1 atom stereocenters. The Morgan fingerprint density at radius 2 is 2.32 bits per heavy atom. The Hall–Kier alpha value is -2.44. The van der Waals surface area contributed by atoms with Crippen LogP contribution in [0.2, 0.25) is 0 Å². The highest BCUT2D eigenvalue weighted by Gasteiger charge is 2.11. The second kappa shape index (κ2) is 6.55. The molecule has 0 saturated carbocycles. The number of carbonyl (C=O) groups is 1. The van der Waals surface area contributed by atoms with Crippen LogP contribution in [0.15, 0.2) is 59.8 Å². The number of benzene rings is 1. The maximum Gasteiger partial charge on any atom is 0.251 e. The zero-order chi connectivity index (χ0) is 15.4. The third-order valence-corrected chi connectivity index (χ3v) is 4.00. The van der Waals surface area contributed by atoms with Gasteiger partial charge in [0.15, 0.2) is 0 Å². The van der Waals surface area contributed by atoms with Gasteiger partial charge in [-0.1, -0.05) is 6.07 Å². The zero-order valence-corrected chi connectivity index (χ0v) is 12.5. The molecule has 22 heavy (non-hydrogen) atoms. The summed E-state index contributed by atoms with van der Waals surface area (Å²) in [7, 11) is 0. The van der Waals surface area contributed by atoms with Crippen molar-refractivity contribution in [3.8, 4) is 5.69 Å². The van der Waals surface area contributed by atoms with E-state index in [2.05, 4.69) is 10.3 Å². The fraction of sp³-hybridized carbons (Fsp3) is 0.125. The molecule has 1 unspecified atom stereocenters. The summed E-state index contributed by atoms with van der Waals surface area (Å²) in [5, 5.41) is 16.5. The van der Waals surface area contributed by atoms with Gasteiger partial charge in [0.1, 0.15) is 0 Å². The Morgan fingerprint density at radius 3 is 3.05 bits per heavy atom. The van der Waals surface area contributed by atoms with Crippen molar-refractivity contribution in [1.29, 1.82) is 0 Å². The highest BCUT2D eigenvalue weighted by Crippen LogP contribution is 2.15. The first-order chi connectivity index (χ1) is 10.7. The fourth-order valence-electron chi connectivity index (χ4n) is 2.09. The number of aromatic nitrogens is 2. The molecule has 5 nitrogen and oxygen atoms in total. The van der Waals surface area contributed by atoms with E-state index in [-0.39, 0.29) is 12.5 Å². The van der Waals surface area contributed by atoms with Crippen LogP contribution < -0.4 is 5.32 Å². The SMILES string of the molecule is O=C(NCC(O)c1ccsc1)c1cccc(-n2ccnc2)c1. The molecule has 2 aromatic heterocycles. The van der Waals surface area contributed by atoms with E-state index in [4.69, 9.17) is 0 Å². The summed E-state index contributed by atoms with van der Waals surface area (Å²) >= 11 is 1.52. The fourth-order valence-corrected chi connectivity index (χ4v) is 2.80. The first-order valence-electron chi connectivity index (χ1n) is 6.81. The van der Waals surface area contributed by atoms with Crippen molar-refractivity contribution in [2.24, 2.45) is 0 Å². The number of imidazole rings is 1. The van der Waals surface area contributed by atoms with E-state index in [9.17, 15) is 9.90 Å². The number of thiophene rings is 1. The summed E-state index contributed by atoms with van der Waals surface area (Å²) in [6.45, 7) is 0.185. The number of hydrogen-bond acceptors (Lipinski definition) is 4. The van der Waals surface area contributed by atoms with Gasteiger partial charge in [0, 0.05) is 30.2 Å². The van der Waals surface area contributed by atoms with Gasteiger partial charge < -0.3 is 15.0 Å². The number of amides is 1. The summed E-state index contributed by atoms with van der Waals surface area (Å²) in [6, 6.07) is 9.10. The topological polar surface area (TPSA) is 67.2 Å². The van der Waals surface area contributed by atoms with Crippen LogP contribution in [0.3, 0.4) is 0 Å². The third kappa shape index (κ3) is 3.24. The van der Waals surface area contributed by atoms with Crippen LogP contribution in [0.4, 0.5) is 0 Å². The molecule has 1 aromatic carbocycles.